The summed E-state index contributed by atoms with van der Waals surface area (Å²) in [7, 11) is 0. The Bertz CT molecular complexity index is 119. The molecule has 0 aromatic rings. The Labute approximate surface area is 64.8 Å². The molecule has 2 N–H and O–H groups in total. The monoisotopic (exact) mass is 165 g/mol. The highest BCUT2D eigenvalue weighted by molar-refractivity contribution is 5.73. The van der Waals surface area contributed by atoms with Gasteiger partial charge in [0, 0.05) is 6.42 Å². The van der Waals surface area contributed by atoms with E-state index in [0.717, 1.165) is 0 Å². The van der Waals surface area contributed by atoms with E-state index < -0.39 is 12.8 Å². The Morgan fingerprint density at radius 2 is 2.09 bits per heavy atom. The van der Waals surface area contributed by atoms with Crippen LogP contribution >= 0.6 is 0 Å². The van der Waals surface area contributed by atoms with Gasteiger partial charge in [-0.3, -0.25) is 4.79 Å². The molecule has 2 nitrogen and oxygen atoms in total. The lowest BCUT2D eigenvalue weighted by molar-refractivity contribution is -0.118. The number of primary amides is 1. The quantitative estimate of drug-likeness (QED) is 0.593. The summed E-state index contributed by atoms with van der Waals surface area (Å²) in [4.78, 5) is 10.2. The number of hydrogen-bond acceptors (Lipinski definition) is 1. The fourth-order valence-electron chi connectivity index (χ4n) is 0.742. The summed E-state index contributed by atoms with van der Waals surface area (Å²) in [5.74, 6) is -0.388. The molecule has 0 fully saturated rings. The van der Waals surface area contributed by atoms with Crippen molar-refractivity contribution >= 4 is 5.91 Å². The Morgan fingerprint density at radius 3 is 2.55 bits per heavy atom. The molecule has 0 saturated heterocycles. The van der Waals surface area contributed by atoms with Crippen LogP contribution in [-0.4, -0.2) is 18.8 Å². The molecular formula is C7H13F2NO. The number of carbonyl (C=O) groups excluding carboxylic acids is 1. The Balaban J connectivity index is 3.08. The van der Waals surface area contributed by atoms with E-state index in [4.69, 9.17) is 5.73 Å². The molecule has 0 aliphatic carbocycles. The lowest BCUT2D eigenvalue weighted by Gasteiger charge is -2.00. The zero-order valence-electron chi connectivity index (χ0n) is 6.35. The molecule has 1 unspecified atom stereocenters. The molecule has 0 aliphatic rings. The largest absolute Gasteiger partial charge is 0.370 e. The highest BCUT2D eigenvalue weighted by atomic mass is 19.2. The van der Waals surface area contributed by atoms with E-state index >= 15 is 0 Å². The van der Waals surface area contributed by atoms with Crippen molar-refractivity contribution in [1.29, 1.82) is 0 Å². The van der Waals surface area contributed by atoms with Crippen LogP contribution in [0.15, 0.2) is 0 Å². The van der Waals surface area contributed by atoms with Gasteiger partial charge >= 0.3 is 0 Å². The van der Waals surface area contributed by atoms with E-state index in [-0.39, 0.29) is 18.7 Å². The Morgan fingerprint density at radius 1 is 1.45 bits per heavy atom. The average molecular weight is 165 g/mol. The van der Waals surface area contributed by atoms with Gasteiger partial charge in [-0.05, 0) is 19.3 Å². The molecular weight excluding hydrogens is 152 g/mol. The predicted octanol–water partition coefficient (Wildman–Crippen LogP) is 1.34. The minimum Gasteiger partial charge on any atom is -0.370 e. The van der Waals surface area contributed by atoms with Gasteiger partial charge in [-0.15, -0.1) is 0 Å². The molecule has 0 spiro atoms. The molecule has 1 atom stereocenters. The van der Waals surface area contributed by atoms with E-state index in [1.54, 1.807) is 0 Å². The summed E-state index contributed by atoms with van der Waals surface area (Å²) in [6.45, 7) is -0.934. The number of rotatable bonds is 6. The third kappa shape index (κ3) is 7.22. The minimum absolute atomic E-state index is 0.184. The van der Waals surface area contributed by atoms with Crippen molar-refractivity contribution in [2.45, 2.75) is 31.9 Å². The summed E-state index contributed by atoms with van der Waals surface area (Å²) >= 11 is 0. The van der Waals surface area contributed by atoms with Crippen molar-refractivity contribution in [1.82, 2.24) is 0 Å². The maximum absolute atomic E-state index is 12.2. The molecule has 4 heteroatoms. The number of halogens is 2. The van der Waals surface area contributed by atoms with Crippen LogP contribution in [-0.2, 0) is 4.79 Å². The first kappa shape index (κ1) is 10.3. The second kappa shape index (κ2) is 6.07. The topological polar surface area (TPSA) is 43.1 Å². The van der Waals surface area contributed by atoms with Crippen LogP contribution in [0, 0.1) is 0 Å². The number of amides is 1. The maximum atomic E-state index is 12.2. The van der Waals surface area contributed by atoms with Gasteiger partial charge in [0.1, 0.15) is 12.8 Å². The number of nitrogens with two attached hydrogens (primary N) is 1. The van der Waals surface area contributed by atoms with Crippen molar-refractivity contribution < 1.29 is 13.6 Å². The fraction of sp³-hybridized carbons (Fsp3) is 0.857. The van der Waals surface area contributed by atoms with Gasteiger partial charge in [-0.25, -0.2) is 8.78 Å². The van der Waals surface area contributed by atoms with Crippen LogP contribution in [0.25, 0.3) is 0 Å². The molecule has 0 heterocycles. The average Bonchev–Trinajstić information content (AvgIpc) is 1.97. The van der Waals surface area contributed by atoms with Gasteiger partial charge in [0.15, 0.2) is 0 Å². The number of alkyl halides is 2. The molecule has 0 saturated carbocycles. The number of unbranched alkanes of at least 4 members (excludes halogenated alkanes) is 1. The highest BCUT2D eigenvalue weighted by Gasteiger charge is 2.04. The number of hydrogen-bond donors (Lipinski definition) is 1. The molecule has 0 rings (SSSR count). The molecule has 0 aliphatic heterocycles. The van der Waals surface area contributed by atoms with Crippen molar-refractivity contribution in [3.8, 4) is 0 Å². The van der Waals surface area contributed by atoms with Crippen molar-refractivity contribution in [2.24, 2.45) is 5.73 Å². The summed E-state index contributed by atoms with van der Waals surface area (Å²) in [6, 6.07) is 0. The maximum Gasteiger partial charge on any atom is 0.217 e. The van der Waals surface area contributed by atoms with Crippen LogP contribution < -0.4 is 5.73 Å². The standard InChI is InChI=1S/C7H13F2NO/c8-5-6(9)3-1-2-4-7(10)11/h6H,1-5H2,(H2,10,11). The van der Waals surface area contributed by atoms with Gasteiger partial charge in [-0.2, -0.15) is 0 Å². The summed E-state index contributed by atoms with van der Waals surface area (Å²) in [5, 5.41) is 0. The molecule has 0 radical (unpaired) electrons. The summed E-state index contributed by atoms with van der Waals surface area (Å²) in [6.07, 6.45) is 0.148. The fourth-order valence-corrected chi connectivity index (χ4v) is 0.742. The Kier molecular flexibility index (Phi) is 5.70. The minimum atomic E-state index is -1.37. The van der Waals surface area contributed by atoms with Gasteiger partial charge < -0.3 is 5.73 Å². The molecule has 1 amide bonds. The third-order valence-corrected chi connectivity index (χ3v) is 1.36. The second-order valence-corrected chi connectivity index (χ2v) is 2.46. The van der Waals surface area contributed by atoms with Crippen molar-refractivity contribution in [3.63, 3.8) is 0 Å². The van der Waals surface area contributed by atoms with Crippen LogP contribution in [0.4, 0.5) is 8.78 Å². The molecule has 0 bridgehead atoms. The van der Waals surface area contributed by atoms with Gasteiger partial charge in [-0.1, -0.05) is 0 Å². The first-order valence-corrected chi connectivity index (χ1v) is 3.65. The van der Waals surface area contributed by atoms with E-state index in [1.165, 1.54) is 0 Å². The Hall–Kier alpha value is -0.670. The normalized spacial score (nSPS) is 12.9. The first-order valence-electron chi connectivity index (χ1n) is 3.65. The van der Waals surface area contributed by atoms with Crippen molar-refractivity contribution in [2.75, 3.05) is 6.67 Å². The zero-order valence-corrected chi connectivity index (χ0v) is 6.35. The second-order valence-electron chi connectivity index (χ2n) is 2.46. The smallest absolute Gasteiger partial charge is 0.217 e. The third-order valence-electron chi connectivity index (χ3n) is 1.36. The summed E-state index contributed by atoms with van der Waals surface area (Å²) in [5.41, 5.74) is 4.84. The van der Waals surface area contributed by atoms with Crippen molar-refractivity contribution in [3.05, 3.63) is 0 Å². The lowest BCUT2D eigenvalue weighted by Crippen LogP contribution is -2.10. The van der Waals surface area contributed by atoms with Gasteiger partial charge in [0.05, 0.1) is 0 Å². The lowest BCUT2D eigenvalue weighted by atomic mass is 10.1. The zero-order chi connectivity index (χ0) is 8.69. The highest BCUT2D eigenvalue weighted by Crippen LogP contribution is 2.06. The van der Waals surface area contributed by atoms with Crippen LogP contribution in [0.1, 0.15) is 25.7 Å². The van der Waals surface area contributed by atoms with E-state index in [1.807, 2.05) is 0 Å². The molecule has 11 heavy (non-hydrogen) atoms. The van der Waals surface area contributed by atoms with E-state index in [0.29, 0.717) is 12.8 Å². The van der Waals surface area contributed by atoms with Gasteiger partial charge in [0.2, 0.25) is 5.91 Å². The molecule has 0 aromatic heterocycles. The van der Waals surface area contributed by atoms with Crippen LogP contribution in [0.2, 0.25) is 0 Å². The molecule has 0 aromatic carbocycles. The van der Waals surface area contributed by atoms with Crippen LogP contribution in [0.5, 0.6) is 0 Å². The number of carbonyl (C=O) groups is 1. The predicted molar refractivity (Wildman–Crippen MR) is 38.5 cm³/mol. The SMILES string of the molecule is NC(=O)CCCCC(F)CF. The first-order chi connectivity index (χ1) is 5.16. The molecule has 66 valence electrons. The summed E-state index contributed by atoms with van der Waals surface area (Å²) < 4.78 is 23.7. The van der Waals surface area contributed by atoms with Crippen LogP contribution in [0.3, 0.4) is 0 Å². The van der Waals surface area contributed by atoms with Gasteiger partial charge in [0.25, 0.3) is 0 Å². The van der Waals surface area contributed by atoms with E-state index in [9.17, 15) is 13.6 Å². The van der Waals surface area contributed by atoms with E-state index in [2.05, 4.69) is 0 Å².